The molecule has 1 spiro atoms. The van der Waals surface area contributed by atoms with E-state index in [9.17, 15) is 9.90 Å². The lowest BCUT2D eigenvalue weighted by molar-refractivity contribution is 0.0917. The third-order valence-corrected chi connectivity index (χ3v) is 7.29. The van der Waals surface area contributed by atoms with Gasteiger partial charge in [0.1, 0.15) is 5.82 Å². The molecule has 0 aromatic carbocycles. The minimum absolute atomic E-state index is 0.00366. The van der Waals surface area contributed by atoms with Gasteiger partial charge in [0, 0.05) is 54.3 Å². The van der Waals surface area contributed by atoms with Crippen molar-refractivity contribution in [3.05, 3.63) is 53.0 Å². The van der Waals surface area contributed by atoms with Gasteiger partial charge in [0.25, 0.3) is 5.91 Å². The van der Waals surface area contributed by atoms with Crippen LogP contribution in [0, 0.1) is 0 Å². The van der Waals surface area contributed by atoms with Crippen LogP contribution >= 0.6 is 0 Å². The van der Waals surface area contributed by atoms with Crippen LogP contribution in [0.2, 0.25) is 0 Å². The van der Waals surface area contributed by atoms with E-state index >= 15 is 0 Å². The number of aryl methyl sites for hydroxylation is 1. The Labute approximate surface area is 179 Å². The third kappa shape index (κ3) is 2.59. The molecule has 1 saturated heterocycles. The molecule has 2 aliphatic heterocycles. The molecule has 31 heavy (non-hydrogen) atoms. The number of aliphatic hydroxyl groups excluding tert-OH is 1. The van der Waals surface area contributed by atoms with Gasteiger partial charge in [0.05, 0.1) is 23.1 Å². The zero-order valence-electron chi connectivity index (χ0n) is 17.1. The summed E-state index contributed by atoms with van der Waals surface area (Å²) in [5, 5.41) is 12.8. The van der Waals surface area contributed by atoms with Crippen molar-refractivity contribution in [3.63, 3.8) is 0 Å². The van der Waals surface area contributed by atoms with E-state index in [1.165, 1.54) is 5.56 Å². The summed E-state index contributed by atoms with van der Waals surface area (Å²) in [4.78, 5) is 27.8. The Morgan fingerprint density at radius 2 is 2.00 bits per heavy atom. The molecule has 0 bridgehead atoms. The molecule has 3 aromatic rings. The van der Waals surface area contributed by atoms with E-state index in [-0.39, 0.29) is 17.6 Å². The lowest BCUT2D eigenvalue weighted by atomic mass is 9.87. The smallest absolute Gasteiger partial charge is 0.253 e. The van der Waals surface area contributed by atoms with E-state index in [1.54, 1.807) is 0 Å². The predicted molar refractivity (Wildman–Crippen MR) is 116 cm³/mol. The molecule has 7 heteroatoms. The number of aromatic nitrogens is 3. The average Bonchev–Trinajstić information content (AvgIpc) is 3.37. The summed E-state index contributed by atoms with van der Waals surface area (Å²) in [7, 11) is 0. The van der Waals surface area contributed by atoms with Crippen LogP contribution in [0.4, 0.5) is 5.82 Å². The maximum Gasteiger partial charge on any atom is 0.253 e. The fourth-order valence-electron chi connectivity index (χ4n) is 5.32. The number of fused-ring (bicyclic) bond motifs is 5. The predicted octanol–water partition coefficient (Wildman–Crippen LogP) is 2.24. The summed E-state index contributed by atoms with van der Waals surface area (Å²) in [6.45, 7) is 1.27. The van der Waals surface area contributed by atoms with Crippen molar-refractivity contribution in [2.24, 2.45) is 0 Å². The number of nitrogens with one attached hydrogen (secondary N) is 2. The number of aromatic amines is 1. The number of pyridine rings is 2. The van der Waals surface area contributed by atoms with Gasteiger partial charge in [-0.15, -0.1) is 0 Å². The number of nitrogens with zero attached hydrogens (tertiary/aromatic N) is 3. The van der Waals surface area contributed by atoms with E-state index in [0.717, 1.165) is 77.3 Å². The molecule has 3 aromatic heterocycles. The molecule has 0 atom stereocenters. The molecule has 3 N–H and O–H groups in total. The summed E-state index contributed by atoms with van der Waals surface area (Å²) in [5.41, 5.74) is 8.42. The molecule has 7 nitrogen and oxygen atoms in total. The van der Waals surface area contributed by atoms with Gasteiger partial charge in [0.15, 0.2) is 0 Å². The van der Waals surface area contributed by atoms with Crippen LogP contribution in [0.5, 0.6) is 0 Å². The molecule has 2 fully saturated rings. The molecule has 2 aliphatic carbocycles. The van der Waals surface area contributed by atoms with Crippen molar-refractivity contribution in [1.29, 1.82) is 0 Å². The number of amides is 1. The van der Waals surface area contributed by atoms with Crippen LogP contribution < -0.4 is 10.2 Å². The van der Waals surface area contributed by atoms with E-state index in [2.05, 4.69) is 26.3 Å². The quantitative estimate of drug-likeness (QED) is 0.599. The first-order valence-corrected chi connectivity index (χ1v) is 11.0. The van der Waals surface area contributed by atoms with Crippen LogP contribution in [-0.2, 0) is 19.3 Å². The van der Waals surface area contributed by atoms with Gasteiger partial charge in [-0.25, -0.2) is 4.98 Å². The highest BCUT2D eigenvalue weighted by molar-refractivity contribution is 6.01. The van der Waals surface area contributed by atoms with Gasteiger partial charge < -0.3 is 20.3 Å². The highest BCUT2D eigenvalue weighted by Crippen LogP contribution is 2.45. The zero-order valence-corrected chi connectivity index (χ0v) is 17.1. The standard InChI is InChI=1S/C24H23N5O2/c30-15-11-29(12-15)20-4-2-14(10-26-20)18-7-17-13(9-25-18)1-3-16-21-19(27-22(16)17)8-24(5-6-24)28-23(21)31/h2,4,7,9-10,15,27,30H,1,3,5-6,8,11-12H2,(H,28,31). The molecule has 1 amide bonds. The second-order valence-electron chi connectivity index (χ2n) is 9.43. The fourth-order valence-corrected chi connectivity index (χ4v) is 5.32. The van der Waals surface area contributed by atoms with Gasteiger partial charge in [-0.3, -0.25) is 9.78 Å². The number of hydrogen-bond donors (Lipinski definition) is 3. The van der Waals surface area contributed by atoms with Crippen LogP contribution in [0.1, 0.15) is 40.0 Å². The summed E-state index contributed by atoms with van der Waals surface area (Å²) >= 11 is 0. The number of carbonyl (C=O) groups is 1. The number of aliphatic hydroxyl groups is 1. The fraction of sp³-hybridized carbons (Fsp3) is 0.375. The summed E-state index contributed by atoms with van der Waals surface area (Å²) in [5.74, 6) is 0.969. The van der Waals surface area contributed by atoms with E-state index in [0.29, 0.717) is 13.1 Å². The van der Waals surface area contributed by atoms with Crippen molar-refractivity contribution in [3.8, 4) is 22.5 Å². The zero-order chi connectivity index (χ0) is 20.7. The highest BCUT2D eigenvalue weighted by Gasteiger charge is 2.49. The van der Waals surface area contributed by atoms with Crippen molar-refractivity contribution in [2.45, 2.75) is 43.7 Å². The Balaban J connectivity index is 1.26. The van der Waals surface area contributed by atoms with Crippen LogP contribution in [0.15, 0.2) is 30.6 Å². The Morgan fingerprint density at radius 1 is 1.13 bits per heavy atom. The Bertz CT molecular complexity index is 1240. The second kappa shape index (κ2) is 5.95. The number of H-pyrrole nitrogens is 1. The van der Waals surface area contributed by atoms with Crippen LogP contribution in [0.25, 0.3) is 22.5 Å². The topological polar surface area (TPSA) is 94.1 Å². The lowest BCUT2D eigenvalue weighted by Gasteiger charge is -2.36. The summed E-state index contributed by atoms with van der Waals surface area (Å²) in [6, 6.07) is 6.15. The molecule has 7 rings (SSSR count). The number of anilines is 1. The lowest BCUT2D eigenvalue weighted by Crippen LogP contribution is -2.51. The molecule has 5 heterocycles. The Kier molecular flexibility index (Phi) is 3.35. The second-order valence-corrected chi connectivity index (χ2v) is 9.43. The molecule has 156 valence electrons. The molecule has 0 unspecified atom stereocenters. The maximum absolute atomic E-state index is 12.8. The molecular weight excluding hydrogens is 390 g/mol. The van der Waals surface area contributed by atoms with Crippen LogP contribution in [-0.4, -0.2) is 50.7 Å². The van der Waals surface area contributed by atoms with E-state index < -0.39 is 0 Å². The normalized spacial score (nSPS) is 20.5. The Hall–Kier alpha value is -3.19. The van der Waals surface area contributed by atoms with Crippen LogP contribution in [0.3, 0.4) is 0 Å². The van der Waals surface area contributed by atoms with Crippen molar-refractivity contribution >= 4 is 11.7 Å². The molecule has 0 radical (unpaired) electrons. The molecule has 1 saturated carbocycles. The first-order chi connectivity index (χ1) is 15.1. The van der Waals surface area contributed by atoms with Gasteiger partial charge >= 0.3 is 0 Å². The van der Waals surface area contributed by atoms with Crippen molar-refractivity contribution in [1.82, 2.24) is 20.3 Å². The number of carbonyl (C=O) groups excluding carboxylic acids is 1. The van der Waals surface area contributed by atoms with Gasteiger partial charge in [0.2, 0.25) is 0 Å². The number of hydrogen-bond acceptors (Lipinski definition) is 5. The largest absolute Gasteiger partial charge is 0.389 e. The molecular formula is C24H23N5O2. The first kappa shape index (κ1) is 17.5. The number of β-amino-alcohol motifs (C(OH)–C–C–N with tert-alkyl or cyclic N) is 1. The van der Waals surface area contributed by atoms with Crippen molar-refractivity contribution < 1.29 is 9.90 Å². The average molecular weight is 413 g/mol. The monoisotopic (exact) mass is 413 g/mol. The van der Waals surface area contributed by atoms with Gasteiger partial charge in [-0.1, -0.05) is 0 Å². The van der Waals surface area contributed by atoms with Crippen molar-refractivity contribution in [2.75, 3.05) is 18.0 Å². The highest BCUT2D eigenvalue weighted by atomic mass is 16.3. The molecule has 4 aliphatic rings. The first-order valence-electron chi connectivity index (χ1n) is 11.0. The summed E-state index contributed by atoms with van der Waals surface area (Å²) in [6.07, 6.45) is 8.39. The van der Waals surface area contributed by atoms with E-state index in [1.807, 2.05) is 24.5 Å². The van der Waals surface area contributed by atoms with Gasteiger partial charge in [-0.2, -0.15) is 0 Å². The SMILES string of the molecule is O=C1NC2(CC2)Cc2[nH]c3c(c21)CCc1cnc(-c2ccc(N4CC(O)C4)nc2)cc1-3. The Morgan fingerprint density at radius 3 is 2.74 bits per heavy atom. The maximum atomic E-state index is 12.8. The van der Waals surface area contributed by atoms with E-state index in [4.69, 9.17) is 4.98 Å². The summed E-state index contributed by atoms with van der Waals surface area (Å²) < 4.78 is 0. The minimum Gasteiger partial charge on any atom is -0.389 e. The third-order valence-electron chi connectivity index (χ3n) is 7.29. The van der Waals surface area contributed by atoms with Gasteiger partial charge in [-0.05, 0) is 55.0 Å². The number of rotatable bonds is 2. The minimum atomic E-state index is -0.249.